The summed E-state index contributed by atoms with van der Waals surface area (Å²) in [5.41, 5.74) is 2.04. The molecule has 2 heterocycles. The molecule has 1 aromatic heterocycles. The van der Waals surface area contributed by atoms with Crippen LogP contribution in [0.5, 0.6) is 5.75 Å². The molecule has 1 atom stereocenters. The van der Waals surface area contributed by atoms with Crippen molar-refractivity contribution < 1.29 is 24.2 Å². The molecule has 3 aromatic rings. The largest absolute Gasteiger partial charge is 0.503 e. The predicted molar refractivity (Wildman–Crippen MR) is 130 cm³/mol. The highest BCUT2D eigenvalue weighted by Gasteiger charge is 2.45. The van der Waals surface area contributed by atoms with E-state index < -0.39 is 23.5 Å². The minimum absolute atomic E-state index is 0.0214. The number of thiazole rings is 1. The summed E-state index contributed by atoms with van der Waals surface area (Å²) in [7, 11) is 1.55. The van der Waals surface area contributed by atoms with Gasteiger partial charge in [-0.2, -0.15) is 0 Å². The van der Waals surface area contributed by atoms with Gasteiger partial charge in [-0.15, -0.1) is 11.3 Å². The smallest absolute Gasteiger partial charge is 0.294 e. The van der Waals surface area contributed by atoms with E-state index >= 15 is 0 Å². The monoisotopic (exact) mass is 477 g/mol. The van der Waals surface area contributed by atoms with Crippen LogP contribution in [0, 0.1) is 13.8 Å². The average Bonchev–Trinajstić information content (AvgIpc) is 3.28. The Morgan fingerprint density at radius 2 is 1.85 bits per heavy atom. The van der Waals surface area contributed by atoms with E-state index in [0.717, 1.165) is 0 Å². The number of rotatable bonds is 6. The van der Waals surface area contributed by atoms with Crippen molar-refractivity contribution in [3.05, 3.63) is 81.0 Å². The van der Waals surface area contributed by atoms with Crippen LogP contribution in [-0.4, -0.2) is 34.8 Å². The summed E-state index contributed by atoms with van der Waals surface area (Å²) < 4.78 is 5.24. The zero-order valence-corrected chi connectivity index (χ0v) is 19.9. The van der Waals surface area contributed by atoms with E-state index in [1.54, 1.807) is 69.5 Å². The van der Waals surface area contributed by atoms with Gasteiger partial charge in [0.1, 0.15) is 5.75 Å². The molecule has 1 unspecified atom stereocenters. The summed E-state index contributed by atoms with van der Waals surface area (Å²) in [5, 5.41) is 14.3. The Balaban J connectivity index is 1.87. The molecule has 0 bridgehead atoms. The van der Waals surface area contributed by atoms with Crippen molar-refractivity contribution in [3.63, 3.8) is 0 Å². The molecule has 0 aliphatic carbocycles. The predicted octanol–water partition coefficient (Wildman–Crippen LogP) is 4.51. The van der Waals surface area contributed by atoms with Crippen molar-refractivity contribution in [3.8, 4) is 5.75 Å². The number of aliphatic hydroxyl groups is 1. The maximum atomic E-state index is 13.6. The third-order valence-electron chi connectivity index (χ3n) is 5.44. The second-order valence-corrected chi connectivity index (χ2v) is 9.02. The molecular formula is C25H23N3O5S. The molecule has 9 heteroatoms. The lowest BCUT2D eigenvalue weighted by Gasteiger charge is -2.27. The summed E-state index contributed by atoms with van der Waals surface area (Å²) >= 11 is 1.22. The molecule has 0 saturated carbocycles. The van der Waals surface area contributed by atoms with Gasteiger partial charge in [0.15, 0.2) is 5.76 Å². The van der Waals surface area contributed by atoms with Crippen molar-refractivity contribution in [2.24, 2.45) is 0 Å². The van der Waals surface area contributed by atoms with Gasteiger partial charge in [-0.05, 0) is 49.7 Å². The number of carbonyl (C=O) groups is 3. The summed E-state index contributed by atoms with van der Waals surface area (Å²) in [6.07, 6.45) is 0. The standard InChI is InChI=1S/C25H23N3O5S/c1-13-24(34-15(3)26-13)22(30)20-21(16-8-10-19(33-4)11-9-16)28(25(32)23(20)31)18-7-5-6-17(12-18)27-14(2)29/h5-12,21,31H,1-4H3,(H,27,29). The van der Waals surface area contributed by atoms with E-state index in [-0.39, 0.29) is 11.5 Å². The van der Waals surface area contributed by atoms with Gasteiger partial charge < -0.3 is 15.2 Å². The van der Waals surface area contributed by atoms with Crippen LogP contribution in [0.15, 0.2) is 59.9 Å². The van der Waals surface area contributed by atoms with Gasteiger partial charge >= 0.3 is 0 Å². The van der Waals surface area contributed by atoms with Crippen LogP contribution in [0.2, 0.25) is 0 Å². The Kier molecular flexibility index (Phi) is 6.21. The van der Waals surface area contributed by atoms with E-state index in [9.17, 15) is 19.5 Å². The van der Waals surface area contributed by atoms with Gasteiger partial charge in [-0.25, -0.2) is 4.98 Å². The zero-order valence-electron chi connectivity index (χ0n) is 19.1. The lowest BCUT2D eigenvalue weighted by Crippen LogP contribution is -2.31. The van der Waals surface area contributed by atoms with Gasteiger partial charge in [0.25, 0.3) is 5.91 Å². The molecule has 174 valence electrons. The van der Waals surface area contributed by atoms with Crippen molar-refractivity contribution in [2.75, 3.05) is 17.3 Å². The fourth-order valence-electron chi connectivity index (χ4n) is 4.01. The number of ketones is 1. The fourth-order valence-corrected chi connectivity index (χ4v) is 4.88. The summed E-state index contributed by atoms with van der Waals surface area (Å²) in [6.45, 7) is 4.91. The maximum absolute atomic E-state index is 13.6. The molecule has 2 N–H and O–H groups in total. The van der Waals surface area contributed by atoms with E-state index in [4.69, 9.17) is 4.74 Å². The number of hydrogen-bond donors (Lipinski definition) is 2. The molecule has 34 heavy (non-hydrogen) atoms. The number of Topliss-reactive ketones (excluding diaryl/α,β-unsaturated/α-hetero) is 1. The Morgan fingerprint density at radius 3 is 2.44 bits per heavy atom. The van der Waals surface area contributed by atoms with E-state index in [2.05, 4.69) is 10.3 Å². The number of anilines is 2. The number of carbonyl (C=O) groups excluding carboxylic acids is 3. The number of methoxy groups -OCH3 is 1. The normalized spacial score (nSPS) is 15.6. The van der Waals surface area contributed by atoms with Crippen LogP contribution in [0.3, 0.4) is 0 Å². The second kappa shape index (κ2) is 9.11. The molecule has 0 saturated heterocycles. The topological polar surface area (TPSA) is 109 Å². The van der Waals surface area contributed by atoms with Crippen molar-refractivity contribution in [1.82, 2.24) is 4.98 Å². The third-order valence-corrected chi connectivity index (χ3v) is 6.51. The van der Waals surface area contributed by atoms with Crippen LogP contribution in [0.25, 0.3) is 0 Å². The van der Waals surface area contributed by atoms with Crippen molar-refractivity contribution >= 4 is 40.3 Å². The number of hydrogen-bond acceptors (Lipinski definition) is 7. The minimum Gasteiger partial charge on any atom is -0.503 e. The molecule has 0 fully saturated rings. The van der Waals surface area contributed by atoms with Crippen LogP contribution < -0.4 is 15.0 Å². The highest BCUT2D eigenvalue weighted by molar-refractivity contribution is 7.14. The Labute approximate surface area is 200 Å². The van der Waals surface area contributed by atoms with Gasteiger partial charge in [0, 0.05) is 18.3 Å². The molecule has 8 nitrogen and oxygen atoms in total. The van der Waals surface area contributed by atoms with Gasteiger partial charge in [-0.1, -0.05) is 18.2 Å². The molecule has 1 aliphatic rings. The Morgan fingerprint density at radius 1 is 1.15 bits per heavy atom. The molecule has 2 amide bonds. The lowest BCUT2D eigenvalue weighted by molar-refractivity contribution is -0.117. The van der Waals surface area contributed by atoms with Crippen LogP contribution >= 0.6 is 11.3 Å². The number of nitrogens with one attached hydrogen (secondary N) is 1. The molecular weight excluding hydrogens is 454 g/mol. The molecule has 1 aliphatic heterocycles. The summed E-state index contributed by atoms with van der Waals surface area (Å²) in [5.74, 6) is -1.41. The maximum Gasteiger partial charge on any atom is 0.294 e. The van der Waals surface area contributed by atoms with Crippen molar-refractivity contribution in [2.45, 2.75) is 26.8 Å². The molecule has 4 rings (SSSR count). The van der Waals surface area contributed by atoms with E-state index in [1.807, 2.05) is 0 Å². The number of benzene rings is 2. The highest BCUT2D eigenvalue weighted by atomic mass is 32.1. The fraction of sp³-hybridized carbons (Fsp3) is 0.200. The van der Waals surface area contributed by atoms with Gasteiger partial charge in [0.2, 0.25) is 11.7 Å². The Hall–Kier alpha value is -3.98. The number of nitrogens with zero attached hydrogens (tertiary/aromatic N) is 2. The molecule has 0 spiro atoms. The first-order valence-electron chi connectivity index (χ1n) is 10.5. The zero-order chi connectivity index (χ0) is 24.6. The van der Waals surface area contributed by atoms with E-state index in [1.165, 1.54) is 23.2 Å². The summed E-state index contributed by atoms with van der Waals surface area (Å²) in [6, 6.07) is 12.7. The van der Waals surface area contributed by atoms with Crippen LogP contribution in [0.1, 0.15) is 38.9 Å². The minimum atomic E-state index is -0.889. The number of aromatic nitrogens is 1. The summed E-state index contributed by atoms with van der Waals surface area (Å²) in [4.78, 5) is 44.5. The lowest BCUT2D eigenvalue weighted by atomic mass is 9.94. The van der Waals surface area contributed by atoms with Crippen LogP contribution in [0.4, 0.5) is 11.4 Å². The average molecular weight is 478 g/mol. The first-order chi connectivity index (χ1) is 16.2. The number of amides is 2. The number of ether oxygens (including phenoxy) is 1. The Bertz CT molecular complexity index is 1330. The highest BCUT2D eigenvalue weighted by Crippen LogP contribution is 2.43. The third kappa shape index (κ3) is 4.17. The quantitative estimate of drug-likeness (QED) is 0.506. The van der Waals surface area contributed by atoms with Gasteiger partial charge in [-0.3, -0.25) is 19.3 Å². The van der Waals surface area contributed by atoms with Gasteiger partial charge in [0.05, 0.1) is 34.3 Å². The van der Waals surface area contributed by atoms with Crippen molar-refractivity contribution in [1.29, 1.82) is 0 Å². The molecule has 0 radical (unpaired) electrons. The first kappa shape index (κ1) is 23.2. The van der Waals surface area contributed by atoms with E-state index in [0.29, 0.717) is 38.3 Å². The van der Waals surface area contributed by atoms with Crippen LogP contribution in [-0.2, 0) is 9.59 Å². The number of aryl methyl sites for hydroxylation is 2. The number of aliphatic hydroxyl groups excluding tert-OH is 1. The SMILES string of the molecule is COc1ccc(C2C(C(=O)c3sc(C)nc3C)=C(O)C(=O)N2c2cccc(NC(C)=O)c2)cc1. The first-order valence-corrected chi connectivity index (χ1v) is 11.3. The molecule has 2 aromatic carbocycles. The second-order valence-electron chi connectivity index (χ2n) is 7.82.